The number of carbonyl (C=O) groups is 1. The number of para-hydroxylation sites is 1. The Kier molecular flexibility index (Phi) is 5.06. The van der Waals surface area contributed by atoms with Crippen molar-refractivity contribution in [2.75, 3.05) is 17.7 Å². The van der Waals surface area contributed by atoms with Crippen molar-refractivity contribution in [2.24, 2.45) is 0 Å². The number of nitrogen functional groups attached to an aromatic ring is 1. The van der Waals surface area contributed by atoms with Gasteiger partial charge in [-0.25, -0.2) is 0 Å². The lowest BCUT2D eigenvalue weighted by atomic mass is 10.1. The molecule has 2 aromatic rings. The fourth-order valence-corrected chi connectivity index (χ4v) is 1.99. The molecule has 0 aliphatic heterocycles. The first kappa shape index (κ1) is 15.2. The summed E-state index contributed by atoms with van der Waals surface area (Å²) in [7, 11) is 0. The fraction of sp³-hybridized carbons (Fsp3) is 0.188. The van der Waals surface area contributed by atoms with Crippen molar-refractivity contribution in [1.29, 1.82) is 0 Å². The lowest BCUT2D eigenvalue weighted by molar-refractivity contribution is -0.116. The third kappa shape index (κ3) is 4.39. The number of ether oxygens (including phenoxy) is 1. The van der Waals surface area contributed by atoms with Gasteiger partial charge in [0.25, 0.3) is 0 Å². The molecule has 5 heteroatoms. The van der Waals surface area contributed by atoms with Crippen LogP contribution in [0.3, 0.4) is 0 Å². The Morgan fingerprint density at radius 2 is 2.00 bits per heavy atom. The highest BCUT2D eigenvalue weighted by atomic mass is 35.5. The largest absolute Gasteiger partial charge is 0.493 e. The number of aryl methyl sites for hydroxylation is 1. The van der Waals surface area contributed by atoms with E-state index in [9.17, 15) is 4.79 Å². The number of nitrogens with two attached hydrogens (primary N) is 1. The zero-order chi connectivity index (χ0) is 15.2. The van der Waals surface area contributed by atoms with E-state index < -0.39 is 0 Å². The van der Waals surface area contributed by atoms with Crippen molar-refractivity contribution >= 4 is 28.9 Å². The monoisotopic (exact) mass is 304 g/mol. The highest BCUT2D eigenvalue weighted by molar-refractivity contribution is 6.33. The highest BCUT2D eigenvalue weighted by Crippen LogP contribution is 2.26. The van der Waals surface area contributed by atoms with Gasteiger partial charge in [-0.3, -0.25) is 4.79 Å². The topological polar surface area (TPSA) is 64.3 Å². The van der Waals surface area contributed by atoms with Gasteiger partial charge in [-0.05, 0) is 36.8 Å². The van der Waals surface area contributed by atoms with Crippen LogP contribution in [0.5, 0.6) is 5.75 Å². The van der Waals surface area contributed by atoms with Gasteiger partial charge in [0.2, 0.25) is 5.91 Å². The number of carbonyl (C=O) groups excluding carboxylic acids is 1. The summed E-state index contributed by atoms with van der Waals surface area (Å²) >= 11 is 5.95. The van der Waals surface area contributed by atoms with Gasteiger partial charge in [-0.2, -0.15) is 0 Å². The molecule has 3 N–H and O–H groups in total. The van der Waals surface area contributed by atoms with Crippen molar-refractivity contribution in [3.8, 4) is 5.75 Å². The van der Waals surface area contributed by atoms with Crippen molar-refractivity contribution in [3.63, 3.8) is 0 Å². The first-order chi connectivity index (χ1) is 10.1. The van der Waals surface area contributed by atoms with Gasteiger partial charge in [0, 0.05) is 5.69 Å². The molecular weight excluding hydrogens is 288 g/mol. The molecule has 0 fully saturated rings. The van der Waals surface area contributed by atoms with Gasteiger partial charge in [0.1, 0.15) is 5.75 Å². The van der Waals surface area contributed by atoms with E-state index in [2.05, 4.69) is 5.32 Å². The normalized spacial score (nSPS) is 10.2. The minimum atomic E-state index is -0.130. The average Bonchev–Trinajstić information content (AvgIpc) is 2.46. The van der Waals surface area contributed by atoms with Crippen LogP contribution in [0.4, 0.5) is 11.4 Å². The predicted molar refractivity (Wildman–Crippen MR) is 85.8 cm³/mol. The van der Waals surface area contributed by atoms with Crippen molar-refractivity contribution in [3.05, 3.63) is 53.1 Å². The molecule has 110 valence electrons. The van der Waals surface area contributed by atoms with Crippen LogP contribution in [-0.4, -0.2) is 12.5 Å². The second kappa shape index (κ2) is 6.99. The summed E-state index contributed by atoms with van der Waals surface area (Å²) in [6.07, 6.45) is 0.260. The van der Waals surface area contributed by atoms with Crippen LogP contribution >= 0.6 is 11.6 Å². The van der Waals surface area contributed by atoms with Gasteiger partial charge >= 0.3 is 0 Å². The molecule has 0 bridgehead atoms. The van der Waals surface area contributed by atoms with Crippen molar-refractivity contribution in [2.45, 2.75) is 13.3 Å². The minimum Gasteiger partial charge on any atom is -0.493 e. The second-order valence-electron chi connectivity index (χ2n) is 4.65. The molecular formula is C16H17ClN2O2. The number of nitrogens with one attached hydrogen (secondary N) is 1. The number of hydrogen-bond donors (Lipinski definition) is 2. The van der Waals surface area contributed by atoms with E-state index in [4.69, 9.17) is 22.1 Å². The third-order valence-corrected chi connectivity index (χ3v) is 3.29. The van der Waals surface area contributed by atoms with Gasteiger partial charge in [0.05, 0.1) is 23.7 Å². The molecule has 0 unspecified atom stereocenters. The zero-order valence-corrected chi connectivity index (χ0v) is 12.5. The Morgan fingerprint density at radius 3 is 2.71 bits per heavy atom. The number of hydrogen-bond acceptors (Lipinski definition) is 3. The predicted octanol–water partition coefficient (Wildman–Crippen LogP) is 3.64. The molecule has 0 spiro atoms. The van der Waals surface area contributed by atoms with Gasteiger partial charge in [0.15, 0.2) is 0 Å². The van der Waals surface area contributed by atoms with Crippen LogP contribution in [0, 0.1) is 6.92 Å². The summed E-state index contributed by atoms with van der Waals surface area (Å²) in [6.45, 7) is 2.18. The molecule has 0 saturated heterocycles. The van der Waals surface area contributed by atoms with Gasteiger partial charge in [-0.15, -0.1) is 0 Å². The van der Waals surface area contributed by atoms with E-state index in [1.165, 1.54) is 0 Å². The number of rotatable bonds is 5. The molecule has 1 amide bonds. The summed E-state index contributed by atoms with van der Waals surface area (Å²) in [5.41, 5.74) is 7.74. The summed E-state index contributed by atoms with van der Waals surface area (Å²) in [5, 5.41) is 3.23. The maximum absolute atomic E-state index is 11.9. The molecule has 0 atom stereocenters. The number of benzene rings is 2. The lowest BCUT2D eigenvalue weighted by Crippen LogP contribution is -2.16. The summed E-state index contributed by atoms with van der Waals surface area (Å²) in [6, 6.07) is 12.8. The van der Waals surface area contributed by atoms with Crippen LogP contribution in [0.2, 0.25) is 5.02 Å². The van der Waals surface area contributed by atoms with Crippen molar-refractivity contribution in [1.82, 2.24) is 0 Å². The molecule has 0 aliphatic rings. The molecule has 0 saturated carbocycles. The van der Waals surface area contributed by atoms with E-state index in [1.807, 2.05) is 37.3 Å². The van der Waals surface area contributed by atoms with E-state index >= 15 is 0 Å². The molecule has 0 aliphatic carbocycles. The third-order valence-electron chi connectivity index (χ3n) is 2.96. The van der Waals surface area contributed by atoms with Crippen LogP contribution in [0.1, 0.15) is 12.0 Å². The summed E-state index contributed by atoms with van der Waals surface area (Å²) in [5.74, 6) is 0.617. The SMILES string of the molecule is Cc1cc(N)c(Cl)cc1NC(=O)CCOc1ccccc1. The van der Waals surface area contributed by atoms with Crippen LogP contribution in [-0.2, 0) is 4.79 Å². The van der Waals surface area contributed by atoms with Crippen LogP contribution < -0.4 is 15.8 Å². The molecule has 21 heavy (non-hydrogen) atoms. The second-order valence-corrected chi connectivity index (χ2v) is 5.06. The molecule has 4 nitrogen and oxygen atoms in total. The summed E-state index contributed by atoms with van der Waals surface area (Å²) in [4.78, 5) is 11.9. The van der Waals surface area contributed by atoms with E-state index in [-0.39, 0.29) is 12.3 Å². The lowest BCUT2D eigenvalue weighted by Gasteiger charge is -2.11. The maximum Gasteiger partial charge on any atom is 0.227 e. The fourth-order valence-electron chi connectivity index (χ4n) is 1.83. The number of halogens is 1. The standard InChI is InChI=1S/C16H17ClN2O2/c1-11-9-14(18)13(17)10-15(11)19-16(20)7-8-21-12-5-3-2-4-6-12/h2-6,9-10H,7-8,18H2,1H3,(H,19,20). The number of anilines is 2. The Morgan fingerprint density at radius 1 is 1.29 bits per heavy atom. The van der Waals surface area contributed by atoms with Gasteiger partial charge in [-0.1, -0.05) is 29.8 Å². The molecule has 0 aromatic heterocycles. The molecule has 0 heterocycles. The maximum atomic E-state index is 11.9. The Labute approximate surface area is 128 Å². The first-order valence-corrected chi connectivity index (χ1v) is 6.97. The van der Waals surface area contributed by atoms with E-state index in [0.29, 0.717) is 23.0 Å². The van der Waals surface area contributed by atoms with E-state index in [0.717, 1.165) is 11.3 Å². The molecule has 2 rings (SSSR count). The van der Waals surface area contributed by atoms with Gasteiger partial charge < -0.3 is 15.8 Å². The average molecular weight is 305 g/mol. The quantitative estimate of drug-likeness (QED) is 0.829. The van der Waals surface area contributed by atoms with Crippen LogP contribution in [0.25, 0.3) is 0 Å². The zero-order valence-electron chi connectivity index (χ0n) is 11.7. The smallest absolute Gasteiger partial charge is 0.227 e. The highest BCUT2D eigenvalue weighted by Gasteiger charge is 2.08. The van der Waals surface area contributed by atoms with E-state index in [1.54, 1.807) is 12.1 Å². The molecule has 2 aromatic carbocycles. The Balaban J connectivity index is 1.86. The van der Waals surface area contributed by atoms with Crippen molar-refractivity contribution < 1.29 is 9.53 Å². The first-order valence-electron chi connectivity index (χ1n) is 6.59. The van der Waals surface area contributed by atoms with Crippen LogP contribution in [0.15, 0.2) is 42.5 Å². The minimum absolute atomic E-state index is 0.130. The Bertz CT molecular complexity index is 630. The number of amides is 1. The molecule has 0 radical (unpaired) electrons. The Hall–Kier alpha value is -2.20. The summed E-state index contributed by atoms with van der Waals surface area (Å²) < 4.78 is 5.48.